The molecule has 2 N–H and O–H groups in total. The summed E-state index contributed by atoms with van der Waals surface area (Å²) in [5.74, 6) is 1.53. The summed E-state index contributed by atoms with van der Waals surface area (Å²) in [6.45, 7) is 3.42. The van der Waals surface area contributed by atoms with Crippen LogP contribution in [0.25, 0.3) is 16.3 Å². The van der Waals surface area contributed by atoms with Crippen LogP contribution < -0.4 is 10.5 Å². The Morgan fingerprint density at radius 3 is 2.95 bits per heavy atom. The zero-order valence-corrected chi connectivity index (χ0v) is 13.3. The third kappa shape index (κ3) is 2.95. The van der Waals surface area contributed by atoms with Crippen LogP contribution in [0.1, 0.15) is 24.8 Å². The minimum Gasteiger partial charge on any atom is -0.493 e. The first-order valence-electron chi connectivity index (χ1n) is 7.47. The van der Waals surface area contributed by atoms with Gasteiger partial charge in [-0.25, -0.2) is 0 Å². The van der Waals surface area contributed by atoms with Crippen molar-refractivity contribution in [2.75, 3.05) is 13.2 Å². The van der Waals surface area contributed by atoms with E-state index in [9.17, 15) is 0 Å². The summed E-state index contributed by atoms with van der Waals surface area (Å²) >= 11 is 1.52. The molecule has 0 saturated carbocycles. The molecule has 0 saturated heterocycles. The summed E-state index contributed by atoms with van der Waals surface area (Å²) < 4.78 is 7.65. The zero-order chi connectivity index (χ0) is 15.4. The van der Waals surface area contributed by atoms with Gasteiger partial charge in [0.15, 0.2) is 5.82 Å². The van der Waals surface area contributed by atoms with Gasteiger partial charge in [0, 0.05) is 6.42 Å². The lowest BCUT2D eigenvalue weighted by Crippen LogP contribution is -2.03. The molecule has 2 aromatic heterocycles. The van der Waals surface area contributed by atoms with Crippen molar-refractivity contribution in [1.29, 1.82) is 0 Å². The molecule has 6 nitrogen and oxygen atoms in total. The Kier molecular flexibility index (Phi) is 4.65. The lowest BCUT2D eigenvalue weighted by Gasteiger charge is -2.09. The predicted molar refractivity (Wildman–Crippen MR) is 87.3 cm³/mol. The number of rotatable bonds is 7. The molecule has 0 aliphatic heterocycles. The number of fused-ring (bicyclic) bond motifs is 1. The largest absolute Gasteiger partial charge is 0.493 e. The Balaban J connectivity index is 1.96. The van der Waals surface area contributed by atoms with Crippen molar-refractivity contribution in [2.24, 2.45) is 5.73 Å². The van der Waals surface area contributed by atoms with Crippen molar-refractivity contribution in [1.82, 2.24) is 19.8 Å². The van der Waals surface area contributed by atoms with Crippen LogP contribution in [0.5, 0.6) is 5.75 Å². The number of hydrogen-bond donors (Lipinski definition) is 1. The normalized spacial score (nSPS) is 11.2. The quantitative estimate of drug-likeness (QED) is 0.677. The Labute approximate surface area is 132 Å². The number of nitrogens with zero attached hydrogens (tertiary/aromatic N) is 4. The fourth-order valence-electron chi connectivity index (χ4n) is 2.15. The van der Waals surface area contributed by atoms with E-state index in [1.807, 2.05) is 24.3 Å². The van der Waals surface area contributed by atoms with Crippen molar-refractivity contribution in [3.8, 4) is 17.1 Å². The van der Waals surface area contributed by atoms with Crippen LogP contribution in [0.15, 0.2) is 24.3 Å². The Morgan fingerprint density at radius 2 is 2.14 bits per heavy atom. The highest BCUT2D eigenvalue weighted by atomic mass is 32.1. The topological polar surface area (TPSA) is 78.3 Å². The predicted octanol–water partition coefficient (Wildman–Crippen LogP) is 2.53. The Morgan fingerprint density at radius 1 is 1.27 bits per heavy atom. The maximum Gasteiger partial charge on any atom is 0.234 e. The van der Waals surface area contributed by atoms with Crippen LogP contribution >= 0.6 is 11.3 Å². The van der Waals surface area contributed by atoms with Crippen molar-refractivity contribution in [2.45, 2.75) is 26.2 Å². The SMILES string of the molecule is CCCCOc1ccccc1-c1nnc2sc(CCN)nn12. The first kappa shape index (κ1) is 14.9. The van der Waals surface area contributed by atoms with Gasteiger partial charge in [0.05, 0.1) is 12.2 Å². The van der Waals surface area contributed by atoms with Gasteiger partial charge in [-0.15, -0.1) is 10.2 Å². The average Bonchev–Trinajstić information content (AvgIpc) is 3.08. The molecule has 116 valence electrons. The average molecular weight is 317 g/mol. The fourth-order valence-corrected chi connectivity index (χ4v) is 3.00. The van der Waals surface area contributed by atoms with Crippen molar-refractivity contribution < 1.29 is 4.74 Å². The van der Waals surface area contributed by atoms with Gasteiger partial charge in [-0.3, -0.25) is 0 Å². The second-order valence-electron chi connectivity index (χ2n) is 4.95. The number of aromatic nitrogens is 4. The molecule has 0 unspecified atom stereocenters. The van der Waals surface area contributed by atoms with Crippen LogP contribution in [0.2, 0.25) is 0 Å². The van der Waals surface area contributed by atoms with Gasteiger partial charge in [-0.05, 0) is 25.1 Å². The van der Waals surface area contributed by atoms with Gasteiger partial charge >= 0.3 is 0 Å². The first-order chi connectivity index (χ1) is 10.8. The van der Waals surface area contributed by atoms with Crippen molar-refractivity contribution >= 4 is 16.3 Å². The monoisotopic (exact) mass is 317 g/mol. The van der Waals surface area contributed by atoms with E-state index in [4.69, 9.17) is 10.5 Å². The second kappa shape index (κ2) is 6.85. The van der Waals surface area contributed by atoms with E-state index in [-0.39, 0.29) is 0 Å². The van der Waals surface area contributed by atoms with Crippen LogP contribution in [-0.4, -0.2) is 33.0 Å². The third-order valence-corrected chi connectivity index (χ3v) is 4.23. The van der Waals surface area contributed by atoms with Gasteiger partial charge in [0.2, 0.25) is 4.96 Å². The van der Waals surface area contributed by atoms with Gasteiger partial charge < -0.3 is 10.5 Å². The summed E-state index contributed by atoms with van der Waals surface area (Å²) in [5.41, 5.74) is 6.51. The molecule has 0 aliphatic rings. The number of ether oxygens (including phenoxy) is 1. The number of nitrogens with two attached hydrogens (primary N) is 1. The smallest absolute Gasteiger partial charge is 0.234 e. The number of unbranched alkanes of at least 4 members (excludes halogenated alkanes) is 1. The Bertz CT molecular complexity index is 751. The van der Waals surface area contributed by atoms with E-state index in [1.54, 1.807) is 4.52 Å². The molecule has 0 atom stereocenters. The molecule has 0 radical (unpaired) electrons. The van der Waals surface area contributed by atoms with Gasteiger partial charge in [0.1, 0.15) is 10.8 Å². The van der Waals surface area contributed by atoms with E-state index in [1.165, 1.54) is 11.3 Å². The standard InChI is InChI=1S/C15H19N5OS/c1-2-3-10-21-12-7-5-4-6-11(12)14-17-18-15-20(14)19-13(22-15)8-9-16/h4-7H,2-3,8-10,16H2,1H3. The van der Waals surface area contributed by atoms with Crippen molar-refractivity contribution in [3.05, 3.63) is 29.3 Å². The molecule has 1 aromatic carbocycles. The number of benzene rings is 1. The summed E-state index contributed by atoms with van der Waals surface area (Å²) in [6.07, 6.45) is 2.88. The molecular weight excluding hydrogens is 298 g/mol. The van der Waals surface area contributed by atoms with Crippen LogP contribution in [0.3, 0.4) is 0 Å². The van der Waals surface area contributed by atoms with E-state index in [0.717, 1.165) is 40.5 Å². The van der Waals surface area contributed by atoms with E-state index in [2.05, 4.69) is 22.2 Å². The van der Waals surface area contributed by atoms with Gasteiger partial charge in [-0.1, -0.05) is 36.8 Å². The zero-order valence-electron chi connectivity index (χ0n) is 12.5. The van der Waals surface area contributed by atoms with Crippen LogP contribution in [-0.2, 0) is 6.42 Å². The molecular formula is C15H19N5OS. The minimum atomic E-state index is 0.580. The number of para-hydroxylation sites is 1. The second-order valence-corrected chi connectivity index (χ2v) is 5.99. The molecule has 0 bridgehead atoms. The summed E-state index contributed by atoms with van der Waals surface area (Å²) in [7, 11) is 0. The highest BCUT2D eigenvalue weighted by Crippen LogP contribution is 2.30. The van der Waals surface area contributed by atoms with Gasteiger partial charge in [-0.2, -0.15) is 9.61 Å². The maximum absolute atomic E-state index is 5.88. The first-order valence-corrected chi connectivity index (χ1v) is 8.28. The molecule has 7 heteroatoms. The van der Waals surface area contributed by atoms with E-state index in [0.29, 0.717) is 19.0 Å². The maximum atomic E-state index is 5.88. The van der Waals surface area contributed by atoms with Crippen LogP contribution in [0.4, 0.5) is 0 Å². The summed E-state index contributed by atoms with van der Waals surface area (Å²) in [4.78, 5) is 0.779. The summed E-state index contributed by atoms with van der Waals surface area (Å²) in [6, 6.07) is 7.87. The summed E-state index contributed by atoms with van der Waals surface area (Å²) in [5, 5.41) is 14.0. The molecule has 0 amide bonds. The molecule has 0 aliphatic carbocycles. The lowest BCUT2D eigenvalue weighted by molar-refractivity contribution is 0.310. The highest BCUT2D eigenvalue weighted by molar-refractivity contribution is 7.16. The highest BCUT2D eigenvalue weighted by Gasteiger charge is 2.16. The molecule has 22 heavy (non-hydrogen) atoms. The molecule has 0 spiro atoms. The van der Waals surface area contributed by atoms with Gasteiger partial charge in [0.25, 0.3) is 0 Å². The van der Waals surface area contributed by atoms with E-state index < -0.39 is 0 Å². The molecule has 3 aromatic rings. The van der Waals surface area contributed by atoms with E-state index >= 15 is 0 Å². The lowest BCUT2D eigenvalue weighted by atomic mass is 10.2. The molecule has 3 rings (SSSR count). The molecule has 0 fully saturated rings. The fraction of sp³-hybridized carbons (Fsp3) is 0.400. The van der Waals surface area contributed by atoms with Crippen molar-refractivity contribution in [3.63, 3.8) is 0 Å². The Hall–Kier alpha value is -1.99. The minimum absolute atomic E-state index is 0.580. The number of hydrogen-bond acceptors (Lipinski definition) is 6. The molecule has 2 heterocycles. The van der Waals surface area contributed by atoms with Crippen LogP contribution in [0, 0.1) is 0 Å². The third-order valence-electron chi connectivity index (χ3n) is 3.27.